The molecule has 1 N–H and O–H groups in total. The third kappa shape index (κ3) is 1.57. The molecule has 0 bridgehead atoms. The number of ether oxygens (including phenoxy) is 1. The Kier molecular flexibility index (Phi) is 2.67. The van der Waals surface area contributed by atoms with E-state index in [1.165, 1.54) is 5.57 Å². The van der Waals surface area contributed by atoms with Crippen LogP contribution >= 0.6 is 0 Å². The topological polar surface area (TPSA) is 49.8 Å². The fourth-order valence-corrected chi connectivity index (χ4v) is 4.11. The third-order valence-corrected chi connectivity index (χ3v) is 5.42. The number of aliphatic hydroxyl groups excluding tert-OH is 1. The molecule has 2 aliphatic carbocycles. The van der Waals surface area contributed by atoms with Crippen molar-refractivity contribution in [2.75, 3.05) is 12.0 Å². The molecule has 3 aliphatic rings. The van der Waals surface area contributed by atoms with Gasteiger partial charge in [0.2, 0.25) is 5.91 Å². The molecule has 0 spiro atoms. The summed E-state index contributed by atoms with van der Waals surface area (Å²) in [6.45, 7) is 2.01. The molecule has 4 rings (SSSR count). The Morgan fingerprint density at radius 3 is 2.57 bits per heavy atom. The Morgan fingerprint density at radius 2 is 2.00 bits per heavy atom. The van der Waals surface area contributed by atoms with E-state index in [-0.39, 0.29) is 17.9 Å². The van der Waals surface area contributed by atoms with E-state index in [0.29, 0.717) is 5.92 Å². The van der Waals surface area contributed by atoms with Gasteiger partial charge in [-0.1, -0.05) is 5.57 Å². The number of fused-ring (bicyclic) bond motifs is 3. The van der Waals surface area contributed by atoms with Gasteiger partial charge in [-0.25, -0.2) is 0 Å². The van der Waals surface area contributed by atoms with Gasteiger partial charge in [0, 0.05) is 5.69 Å². The first-order valence-corrected chi connectivity index (χ1v) is 7.48. The number of hydrogen-bond donors (Lipinski definition) is 1. The zero-order valence-corrected chi connectivity index (χ0v) is 12.2. The first kappa shape index (κ1) is 12.9. The van der Waals surface area contributed by atoms with Crippen molar-refractivity contribution in [1.29, 1.82) is 0 Å². The molecule has 110 valence electrons. The lowest BCUT2D eigenvalue weighted by atomic mass is 9.57. The van der Waals surface area contributed by atoms with Crippen LogP contribution in [-0.2, 0) is 4.79 Å². The van der Waals surface area contributed by atoms with E-state index < -0.39 is 6.10 Å². The molecule has 1 saturated carbocycles. The normalized spacial score (nSPS) is 33.9. The van der Waals surface area contributed by atoms with Gasteiger partial charge < -0.3 is 14.7 Å². The summed E-state index contributed by atoms with van der Waals surface area (Å²) in [6, 6.07) is 7.37. The molecule has 0 unspecified atom stereocenters. The summed E-state index contributed by atoms with van der Waals surface area (Å²) < 4.78 is 5.15. The van der Waals surface area contributed by atoms with Crippen LogP contribution in [0.2, 0.25) is 0 Å². The number of β-lactam (4-membered cyclic amide) rings is 1. The molecule has 4 atom stereocenters. The van der Waals surface area contributed by atoms with E-state index in [2.05, 4.69) is 0 Å². The smallest absolute Gasteiger partial charge is 0.233 e. The van der Waals surface area contributed by atoms with Crippen LogP contribution in [-0.4, -0.2) is 30.3 Å². The molecular weight excluding hydrogens is 266 g/mol. The molecule has 1 aromatic carbocycles. The number of methoxy groups -OCH3 is 1. The Hall–Kier alpha value is -1.81. The largest absolute Gasteiger partial charge is 0.497 e. The number of rotatable bonds is 2. The van der Waals surface area contributed by atoms with Crippen molar-refractivity contribution in [3.63, 3.8) is 0 Å². The lowest BCUT2D eigenvalue weighted by Gasteiger charge is -2.58. The van der Waals surface area contributed by atoms with Crippen LogP contribution in [0.3, 0.4) is 0 Å². The minimum Gasteiger partial charge on any atom is -0.497 e. The van der Waals surface area contributed by atoms with Gasteiger partial charge in [0.1, 0.15) is 5.75 Å². The molecule has 1 saturated heterocycles. The average Bonchev–Trinajstić information content (AvgIpc) is 2.47. The van der Waals surface area contributed by atoms with Crippen molar-refractivity contribution in [3.8, 4) is 5.75 Å². The van der Waals surface area contributed by atoms with Crippen molar-refractivity contribution in [3.05, 3.63) is 35.4 Å². The summed E-state index contributed by atoms with van der Waals surface area (Å²) in [6.07, 6.45) is 1.61. The predicted octanol–water partition coefficient (Wildman–Crippen LogP) is 2.13. The molecule has 21 heavy (non-hydrogen) atoms. The minimum atomic E-state index is -0.527. The fraction of sp³-hybridized carbons (Fsp3) is 0.471. The lowest BCUT2D eigenvalue weighted by Crippen LogP contribution is -2.71. The van der Waals surface area contributed by atoms with Gasteiger partial charge in [-0.2, -0.15) is 0 Å². The zero-order chi connectivity index (χ0) is 14.7. The van der Waals surface area contributed by atoms with Crippen molar-refractivity contribution < 1.29 is 14.6 Å². The van der Waals surface area contributed by atoms with E-state index in [0.717, 1.165) is 29.9 Å². The maximum atomic E-state index is 12.6. The number of allylic oxidation sites excluding steroid dienone is 1. The summed E-state index contributed by atoms with van der Waals surface area (Å²) in [5.41, 5.74) is 3.25. The van der Waals surface area contributed by atoms with Gasteiger partial charge in [0.05, 0.1) is 25.2 Å². The van der Waals surface area contributed by atoms with Crippen LogP contribution in [0.15, 0.2) is 35.4 Å². The molecule has 0 aromatic heterocycles. The Morgan fingerprint density at radius 1 is 1.29 bits per heavy atom. The van der Waals surface area contributed by atoms with Gasteiger partial charge in [-0.05, 0) is 55.5 Å². The number of aliphatic hydroxyl groups is 1. The number of nitrogens with zero attached hydrogens (tertiary/aromatic N) is 1. The van der Waals surface area contributed by atoms with Crippen molar-refractivity contribution in [2.24, 2.45) is 11.8 Å². The van der Waals surface area contributed by atoms with E-state index in [1.54, 1.807) is 12.0 Å². The maximum absolute atomic E-state index is 12.6. The van der Waals surface area contributed by atoms with Crippen LogP contribution in [0, 0.1) is 11.8 Å². The molecule has 4 heteroatoms. The zero-order valence-electron chi connectivity index (χ0n) is 12.2. The molecule has 1 aliphatic heterocycles. The summed E-state index contributed by atoms with van der Waals surface area (Å²) >= 11 is 0. The second-order valence-corrected chi connectivity index (χ2v) is 6.22. The van der Waals surface area contributed by atoms with E-state index in [1.807, 2.05) is 31.2 Å². The maximum Gasteiger partial charge on any atom is 0.233 e. The first-order chi connectivity index (χ1) is 10.1. The SMILES string of the molecule is COc1ccc(N2C(=O)[C@@H]3[C@H]2[C@H](O)C(C)=C2CC[C@@H]23)cc1. The van der Waals surface area contributed by atoms with Gasteiger partial charge in [-0.15, -0.1) is 0 Å². The molecule has 2 fully saturated rings. The molecule has 0 radical (unpaired) electrons. The predicted molar refractivity (Wildman–Crippen MR) is 79.2 cm³/mol. The number of anilines is 1. The molecule has 1 amide bonds. The second-order valence-electron chi connectivity index (χ2n) is 6.22. The van der Waals surface area contributed by atoms with Gasteiger partial charge in [0.25, 0.3) is 0 Å². The highest BCUT2D eigenvalue weighted by Gasteiger charge is 2.60. The third-order valence-electron chi connectivity index (χ3n) is 5.42. The Bertz CT molecular complexity index is 634. The number of carbonyl (C=O) groups is 1. The fourth-order valence-electron chi connectivity index (χ4n) is 4.11. The first-order valence-electron chi connectivity index (χ1n) is 7.48. The van der Waals surface area contributed by atoms with E-state index in [9.17, 15) is 9.90 Å². The Balaban J connectivity index is 1.68. The number of hydrogen-bond acceptors (Lipinski definition) is 3. The summed E-state index contributed by atoms with van der Waals surface area (Å²) in [7, 11) is 1.62. The van der Waals surface area contributed by atoms with Gasteiger partial charge in [0.15, 0.2) is 0 Å². The molecular formula is C17H19NO3. The van der Waals surface area contributed by atoms with E-state index in [4.69, 9.17) is 4.74 Å². The summed E-state index contributed by atoms with van der Waals surface area (Å²) in [4.78, 5) is 14.3. The molecule has 4 nitrogen and oxygen atoms in total. The molecule has 1 aromatic rings. The van der Waals surface area contributed by atoms with Crippen molar-refractivity contribution in [1.82, 2.24) is 0 Å². The van der Waals surface area contributed by atoms with Crippen LogP contribution < -0.4 is 9.64 Å². The minimum absolute atomic E-state index is 0.0189. The summed E-state index contributed by atoms with van der Waals surface area (Å²) in [5.74, 6) is 1.28. The van der Waals surface area contributed by atoms with Crippen LogP contribution in [0.5, 0.6) is 5.75 Å². The highest BCUT2D eigenvalue weighted by Crippen LogP contribution is 2.54. The standard InChI is InChI=1S/C17H19NO3/c1-9-12-7-8-13(12)14-15(16(9)19)18(17(14)20)10-3-5-11(21-2)6-4-10/h3-6,13-16,19H,7-8H2,1-2H3/t13-,14-,15-,16+/m0/s1. The summed E-state index contributed by atoms with van der Waals surface area (Å²) in [5, 5.41) is 10.6. The van der Waals surface area contributed by atoms with Crippen molar-refractivity contribution in [2.45, 2.75) is 31.9 Å². The van der Waals surface area contributed by atoms with Crippen LogP contribution in [0.1, 0.15) is 19.8 Å². The van der Waals surface area contributed by atoms with Gasteiger partial charge in [-0.3, -0.25) is 4.79 Å². The van der Waals surface area contributed by atoms with Gasteiger partial charge >= 0.3 is 0 Å². The van der Waals surface area contributed by atoms with Crippen LogP contribution in [0.25, 0.3) is 0 Å². The number of carbonyl (C=O) groups excluding carboxylic acids is 1. The Labute approximate surface area is 124 Å². The van der Waals surface area contributed by atoms with Crippen molar-refractivity contribution >= 4 is 11.6 Å². The number of amides is 1. The average molecular weight is 285 g/mol. The monoisotopic (exact) mass is 285 g/mol. The highest BCUT2D eigenvalue weighted by atomic mass is 16.5. The van der Waals surface area contributed by atoms with E-state index >= 15 is 0 Å². The number of benzene rings is 1. The molecule has 1 heterocycles. The quantitative estimate of drug-likeness (QED) is 0.669. The highest BCUT2D eigenvalue weighted by molar-refractivity contribution is 6.04. The van der Waals surface area contributed by atoms with Crippen LogP contribution in [0.4, 0.5) is 5.69 Å². The lowest BCUT2D eigenvalue weighted by molar-refractivity contribution is -0.137. The second kappa shape index (κ2) is 4.34.